The van der Waals surface area contributed by atoms with E-state index in [1.165, 1.54) is 25.7 Å². The van der Waals surface area contributed by atoms with Crippen molar-refractivity contribution in [3.63, 3.8) is 0 Å². The van der Waals surface area contributed by atoms with Gasteiger partial charge in [0.05, 0.1) is 10.7 Å². The van der Waals surface area contributed by atoms with Crippen molar-refractivity contribution >= 4 is 23.6 Å². The fraction of sp³-hybridized carbons (Fsp3) is 0.500. The Morgan fingerprint density at radius 2 is 2.12 bits per heavy atom. The minimum Gasteiger partial charge on any atom is -0.373 e. The number of rotatable bonds is 4. The monoisotopic (exact) mass is 251 g/mol. The smallest absolute Gasteiger partial charge is 0.150 e. The maximum atomic E-state index is 10.6. The van der Waals surface area contributed by atoms with Crippen LogP contribution in [-0.4, -0.2) is 19.9 Å². The van der Waals surface area contributed by atoms with Gasteiger partial charge in [-0.05, 0) is 37.0 Å². The molecule has 0 spiro atoms. The Balaban J connectivity index is 2.07. The Bertz CT molecular complexity index is 399. The number of hydrogen-bond acceptors (Lipinski definition) is 2. The topological polar surface area (TPSA) is 20.3 Å². The van der Waals surface area contributed by atoms with E-state index in [0.717, 1.165) is 24.4 Å². The van der Waals surface area contributed by atoms with Gasteiger partial charge in [0.25, 0.3) is 0 Å². The molecule has 1 aromatic carbocycles. The predicted octanol–water partition coefficient (Wildman–Crippen LogP) is 3.78. The number of anilines is 1. The Morgan fingerprint density at radius 1 is 1.41 bits per heavy atom. The van der Waals surface area contributed by atoms with Gasteiger partial charge in [0.2, 0.25) is 0 Å². The third-order valence-electron chi connectivity index (χ3n) is 3.53. The quantitative estimate of drug-likeness (QED) is 0.759. The lowest BCUT2D eigenvalue weighted by atomic mass is 10.1. The van der Waals surface area contributed by atoms with E-state index in [-0.39, 0.29) is 0 Å². The van der Waals surface area contributed by atoms with Crippen molar-refractivity contribution in [1.29, 1.82) is 0 Å². The SMILES string of the molecule is CN(CC1CCCC1)c1ccc(C=O)cc1Cl. The highest BCUT2D eigenvalue weighted by atomic mass is 35.5. The van der Waals surface area contributed by atoms with E-state index in [1.54, 1.807) is 6.07 Å². The average molecular weight is 252 g/mol. The Kier molecular flexibility index (Phi) is 4.06. The van der Waals surface area contributed by atoms with Crippen LogP contribution in [0.5, 0.6) is 0 Å². The highest BCUT2D eigenvalue weighted by molar-refractivity contribution is 6.33. The second-order valence-electron chi connectivity index (χ2n) is 4.86. The molecule has 0 aliphatic heterocycles. The lowest BCUT2D eigenvalue weighted by Crippen LogP contribution is -2.24. The summed E-state index contributed by atoms with van der Waals surface area (Å²) in [6.45, 7) is 1.06. The number of hydrogen-bond donors (Lipinski definition) is 0. The second-order valence-corrected chi connectivity index (χ2v) is 5.27. The summed E-state index contributed by atoms with van der Waals surface area (Å²) in [6, 6.07) is 5.48. The van der Waals surface area contributed by atoms with E-state index in [4.69, 9.17) is 11.6 Å². The van der Waals surface area contributed by atoms with E-state index in [1.807, 2.05) is 12.1 Å². The Morgan fingerprint density at radius 3 is 2.71 bits per heavy atom. The molecule has 0 N–H and O–H groups in total. The van der Waals surface area contributed by atoms with Crippen molar-refractivity contribution in [3.8, 4) is 0 Å². The molecule has 17 heavy (non-hydrogen) atoms. The van der Waals surface area contributed by atoms with Gasteiger partial charge in [-0.15, -0.1) is 0 Å². The van der Waals surface area contributed by atoms with Gasteiger partial charge in [0.1, 0.15) is 6.29 Å². The van der Waals surface area contributed by atoms with Crippen molar-refractivity contribution in [1.82, 2.24) is 0 Å². The number of carbonyl (C=O) groups is 1. The molecule has 1 fully saturated rings. The first kappa shape index (κ1) is 12.4. The molecule has 0 heterocycles. The summed E-state index contributed by atoms with van der Waals surface area (Å²) >= 11 is 6.19. The lowest BCUT2D eigenvalue weighted by Gasteiger charge is -2.24. The van der Waals surface area contributed by atoms with E-state index in [2.05, 4.69) is 11.9 Å². The molecule has 0 unspecified atom stereocenters. The number of aldehydes is 1. The molecule has 0 saturated heterocycles. The van der Waals surface area contributed by atoms with Crippen molar-refractivity contribution in [2.24, 2.45) is 5.92 Å². The molecule has 1 aliphatic carbocycles. The van der Waals surface area contributed by atoms with Crippen LogP contribution in [0, 0.1) is 5.92 Å². The minimum atomic E-state index is 0.632. The first-order valence-electron chi connectivity index (χ1n) is 6.16. The van der Waals surface area contributed by atoms with E-state index >= 15 is 0 Å². The molecule has 0 aromatic heterocycles. The summed E-state index contributed by atoms with van der Waals surface area (Å²) in [4.78, 5) is 12.8. The molecule has 3 heteroatoms. The zero-order valence-electron chi connectivity index (χ0n) is 10.2. The highest BCUT2D eigenvalue weighted by Crippen LogP contribution is 2.30. The van der Waals surface area contributed by atoms with Gasteiger partial charge in [0, 0.05) is 19.2 Å². The van der Waals surface area contributed by atoms with Gasteiger partial charge in [-0.25, -0.2) is 0 Å². The third-order valence-corrected chi connectivity index (χ3v) is 3.83. The Labute approximate surface area is 108 Å². The number of benzene rings is 1. The molecule has 1 aromatic rings. The molecular weight excluding hydrogens is 234 g/mol. The van der Waals surface area contributed by atoms with Crippen LogP contribution >= 0.6 is 11.6 Å². The zero-order valence-corrected chi connectivity index (χ0v) is 10.9. The van der Waals surface area contributed by atoms with E-state index < -0.39 is 0 Å². The van der Waals surface area contributed by atoms with Crippen LogP contribution in [0.15, 0.2) is 18.2 Å². The van der Waals surface area contributed by atoms with Crippen LogP contribution in [0.25, 0.3) is 0 Å². The van der Waals surface area contributed by atoms with Gasteiger partial charge in [-0.1, -0.05) is 24.4 Å². The molecule has 0 atom stereocenters. The van der Waals surface area contributed by atoms with Gasteiger partial charge >= 0.3 is 0 Å². The number of nitrogens with zero attached hydrogens (tertiary/aromatic N) is 1. The zero-order chi connectivity index (χ0) is 12.3. The summed E-state index contributed by atoms with van der Waals surface area (Å²) in [5.74, 6) is 0.793. The Hall–Kier alpha value is -1.02. The standard InChI is InChI=1S/C14H18ClNO/c1-16(9-11-4-2-3-5-11)14-7-6-12(10-17)8-13(14)15/h6-8,10-11H,2-5,9H2,1H3. The van der Waals surface area contributed by atoms with E-state index in [9.17, 15) is 4.79 Å². The largest absolute Gasteiger partial charge is 0.373 e. The van der Waals surface area contributed by atoms with Crippen LogP contribution in [0.3, 0.4) is 0 Å². The van der Waals surface area contributed by atoms with Crippen molar-refractivity contribution in [2.75, 3.05) is 18.5 Å². The lowest BCUT2D eigenvalue weighted by molar-refractivity contribution is 0.112. The first-order valence-corrected chi connectivity index (χ1v) is 6.54. The maximum Gasteiger partial charge on any atom is 0.150 e. The second kappa shape index (κ2) is 5.54. The molecule has 2 nitrogen and oxygen atoms in total. The number of carbonyl (C=O) groups excluding carboxylic acids is 1. The first-order chi connectivity index (χ1) is 8.20. The third kappa shape index (κ3) is 3.01. The summed E-state index contributed by atoms with van der Waals surface area (Å²) in [5, 5.41) is 0.662. The average Bonchev–Trinajstić information content (AvgIpc) is 2.81. The maximum absolute atomic E-state index is 10.6. The van der Waals surface area contributed by atoms with Crippen LogP contribution in [0.1, 0.15) is 36.0 Å². The van der Waals surface area contributed by atoms with E-state index in [0.29, 0.717) is 10.6 Å². The molecule has 0 bridgehead atoms. The fourth-order valence-electron chi connectivity index (χ4n) is 2.58. The van der Waals surface area contributed by atoms with Crippen LogP contribution in [0.4, 0.5) is 5.69 Å². The molecule has 1 aliphatic rings. The normalized spacial score (nSPS) is 16.1. The van der Waals surface area contributed by atoms with Crippen LogP contribution < -0.4 is 4.90 Å². The molecule has 0 radical (unpaired) electrons. The van der Waals surface area contributed by atoms with Crippen molar-refractivity contribution < 1.29 is 4.79 Å². The molecule has 92 valence electrons. The van der Waals surface area contributed by atoms with Gasteiger partial charge in [-0.2, -0.15) is 0 Å². The van der Waals surface area contributed by atoms with Gasteiger partial charge in [0.15, 0.2) is 0 Å². The minimum absolute atomic E-state index is 0.632. The summed E-state index contributed by atoms with van der Waals surface area (Å²) in [5.41, 5.74) is 1.65. The fourth-order valence-corrected chi connectivity index (χ4v) is 2.92. The molecule has 1 saturated carbocycles. The number of halogens is 1. The van der Waals surface area contributed by atoms with Crippen molar-refractivity contribution in [3.05, 3.63) is 28.8 Å². The summed E-state index contributed by atoms with van der Waals surface area (Å²) in [7, 11) is 2.07. The molecule has 0 amide bonds. The summed E-state index contributed by atoms with van der Waals surface area (Å²) < 4.78 is 0. The van der Waals surface area contributed by atoms with Crippen LogP contribution in [-0.2, 0) is 0 Å². The van der Waals surface area contributed by atoms with Crippen LogP contribution in [0.2, 0.25) is 5.02 Å². The molecule has 2 rings (SSSR count). The van der Waals surface area contributed by atoms with Gasteiger partial charge in [-0.3, -0.25) is 4.79 Å². The predicted molar refractivity (Wildman–Crippen MR) is 72.1 cm³/mol. The molecular formula is C14H18ClNO. The van der Waals surface area contributed by atoms with Gasteiger partial charge < -0.3 is 4.90 Å². The van der Waals surface area contributed by atoms with Crippen molar-refractivity contribution in [2.45, 2.75) is 25.7 Å². The summed E-state index contributed by atoms with van der Waals surface area (Å²) in [6.07, 6.45) is 6.20. The highest BCUT2D eigenvalue weighted by Gasteiger charge is 2.18.